The minimum absolute atomic E-state index is 0.241. The van der Waals surface area contributed by atoms with Gasteiger partial charge in [0, 0.05) is 10.5 Å². The van der Waals surface area contributed by atoms with Crippen LogP contribution in [-0.2, 0) is 10.2 Å². The Morgan fingerprint density at radius 1 is 1.24 bits per heavy atom. The largest absolute Gasteiger partial charge is 0.353 e. The van der Waals surface area contributed by atoms with E-state index in [4.69, 9.17) is 0 Å². The van der Waals surface area contributed by atoms with E-state index < -0.39 is 0 Å². The summed E-state index contributed by atoms with van der Waals surface area (Å²) >= 11 is 3.47. The molecular weight excluding hydrogens is 328 g/mol. The van der Waals surface area contributed by atoms with Crippen molar-refractivity contribution < 1.29 is 4.79 Å². The van der Waals surface area contributed by atoms with Crippen LogP contribution in [0.2, 0.25) is 0 Å². The van der Waals surface area contributed by atoms with Crippen molar-refractivity contribution in [1.29, 1.82) is 0 Å². The average molecular weight is 351 g/mol. The lowest BCUT2D eigenvalue weighted by Crippen LogP contribution is -2.53. The minimum Gasteiger partial charge on any atom is -0.353 e. The Kier molecular flexibility index (Phi) is 4.36. The van der Waals surface area contributed by atoms with Crippen molar-refractivity contribution in [1.82, 2.24) is 10.2 Å². The normalized spacial score (nSPS) is 22.6. The Bertz CT molecular complexity index is 502. The number of benzene rings is 1. The van der Waals surface area contributed by atoms with Gasteiger partial charge in [-0.15, -0.1) is 0 Å². The molecule has 1 aromatic carbocycles. The van der Waals surface area contributed by atoms with Gasteiger partial charge < -0.3 is 10.2 Å². The second kappa shape index (κ2) is 6.09. The van der Waals surface area contributed by atoms with E-state index in [1.165, 1.54) is 5.56 Å². The van der Waals surface area contributed by atoms with Gasteiger partial charge in [-0.2, -0.15) is 0 Å². The first-order valence-corrected chi connectivity index (χ1v) is 8.65. The summed E-state index contributed by atoms with van der Waals surface area (Å²) in [6.07, 6.45) is 5.24. The monoisotopic (exact) mass is 350 g/mol. The maximum absolute atomic E-state index is 12.8. The summed E-state index contributed by atoms with van der Waals surface area (Å²) in [4.78, 5) is 15.2. The number of nitrogens with one attached hydrogen (secondary N) is 1. The van der Waals surface area contributed by atoms with E-state index in [1.807, 2.05) is 12.1 Å². The molecule has 3 rings (SSSR count). The third-order valence-electron chi connectivity index (χ3n) is 5.09. The number of amides is 1. The molecule has 0 aromatic heterocycles. The van der Waals surface area contributed by atoms with Crippen molar-refractivity contribution in [2.75, 3.05) is 20.1 Å². The Balaban J connectivity index is 1.70. The fraction of sp³-hybridized carbons (Fsp3) is 0.588. The summed E-state index contributed by atoms with van der Waals surface area (Å²) in [6, 6.07) is 8.62. The lowest BCUT2D eigenvalue weighted by molar-refractivity contribution is -0.131. The first-order chi connectivity index (χ1) is 10.1. The predicted octanol–water partition coefficient (Wildman–Crippen LogP) is 3.08. The van der Waals surface area contributed by atoms with Gasteiger partial charge in [-0.3, -0.25) is 4.79 Å². The van der Waals surface area contributed by atoms with E-state index >= 15 is 0 Å². The zero-order valence-electron chi connectivity index (χ0n) is 12.6. The second-order valence-electron chi connectivity index (χ2n) is 6.49. The number of likely N-dealkylation sites (tertiary alicyclic amines) is 1. The molecule has 0 bridgehead atoms. The Morgan fingerprint density at radius 3 is 2.38 bits per heavy atom. The van der Waals surface area contributed by atoms with Gasteiger partial charge >= 0.3 is 0 Å². The van der Waals surface area contributed by atoms with Crippen LogP contribution in [0.25, 0.3) is 0 Å². The summed E-state index contributed by atoms with van der Waals surface area (Å²) in [5, 5.41) is 3.32. The van der Waals surface area contributed by atoms with Crippen LogP contribution in [0.15, 0.2) is 28.7 Å². The van der Waals surface area contributed by atoms with Crippen molar-refractivity contribution in [3.63, 3.8) is 0 Å². The Morgan fingerprint density at radius 2 is 1.86 bits per heavy atom. The van der Waals surface area contributed by atoms with Crippen LogP contribution in [-0.4, -0.2) is 37.0 Å². The summed E-state index contributed by atoms with van der Waals surface area (Å²) in [7, 11) is 2.15. The van der Waals surface area contributed by atoms with Gasteiger partial charge in [-0.25, -0.2) is 0 Å². The van der Waals surface area contributed by atoms with Crippen LogP contribution in [0.5, 0.6) is 0 Å². The van der Waals surface area contributed by atoms with E-state index in [0.717, 1.165) is 49.7 Å². The zero-order valence-corrected chi connectivity index (χ0v) is 14.2. The fourth-order valence-corrected chi connectivity index (χ4v) is 3.69. The minimum atomic E-state index is -0.274. The number of rotatable bonds is 3. The van der Waals surface area contributed by atoms with Crippen molar-refractivity contribution in [3.8, 4) is 0 Å². The SMILES string of the molecule is CN1CCC(NC(=O)C2(c3ccc(Br)cc3)CCC2)CC1. The standard InChI is InChI=1S/C17H23BrN2O/c1-20-11-7-15(8-12-20)19-16(21)17(9-2-10-17)13-3-5-14(18)6-4-13/h3-6,15H,2,7-12H2,1H3,(H,19,21). The molecule has 4 heteroatoms. The summed E-state index contributed by atoms with van der Waals surface area (Å²) in [5.41, 5.74) is 0.895. The molecule has 0 unspecified atom stereocenters. The number of carbonyl (C=O) groups is 1. The highest BCUT2D eigenvalue weighted by atomic mass is 79.9. The molecule has 2 fully saturated rings. The Labute approximate surface area is 135 Å². The first-order valence-electron chi connectivity index (χ1n) is 7.86. The molecule has 1 amide bonds. The maximum Gasteiger partial charge on any atom is 0.230 e. The number of halogens is 1. The molecule has 1 aliphatic heterocycles. The summed E-state index contributed by atoms with van der Waals surface area (Å²) < 4.78 is 1.07. The molecule has 114 valence electrons. The quantitative estimate of drug-likeness (QED) is 0.908. The third-order valence-corrected chi connectivity index (χ3v) is 5.62. The molecule has 1 aromatic rings. The average Bonchev–Trinajstić information content (AvgIpc) is 2.42. The maximum atomic E-state index is 12.8. The van der Waals surface area contributed by atoms with E-state index in [1.54, 1.807) is 0 Å². The molecule has 21 heavy (non-hydrogen) atoms. The number of nitrogens with zero attached hydrogens (tertiary/aromatic N) is 1. The van der Waals surface area contributed by atoms with E-state index in [9.17, 15) is 4.79 Å². The molecule has 1 N–H and O–H groups in total. The van der Waals surface area contributed by atoms with Crippen LogP contribution in [0.1, 0.15) is 37.7 Å². The first kappa shape index (κ1) is 15.0. The van der Waals surface area contributed by atoms with Crippen LogP contribution in [0.4, 0.5) is 0 Å². The van der Waals surface area contributed by atoms with Crippen LogP contribution >= 0.6 is 15.9 Å². The van der Waals surface area contributed by atoms with Gasteiger partial charge in [-0.05, 0) is 63.5 Å². The van der Waals surface area contributed by atoms with E-state index in [0.29, 0.717) is 6.04 Å². The van der Waals surface area contributed by atoms with Gasteiger partial charge in [0.05, 0.1) is 5.41 Å². The molecule has 1 aliphatic carbocycles. The highest BCUT2D eigenvalue weighted by Gasteiger charge is 2.46. The molecule has 0 atom stereocenters. The molecule has 1 saturated carbocycles. The van der Waals surface area contributed by atoms with Crippen molar-refractivity contribution in [2.24, 2.45) is 0 Å². The van der Waals surface area contributed by atoms with Crippen molar-refractivity contribution >= 4 is 21.8 Å². The van der Waals surface area contributed by atoms with Gasteiger partial charge in [0.15, 0.2) is 0 Å². The Hall–Kier alpha value is -0.870. The predicted molar refractivity (Wildman–Crippen MR) is 88.3 cm³/mol. The molecule has 2 aliphatic rings. The lowest BCUT2D eigenvalue weighted by atomic mass is 9.63. The third kappa shape index (κ3) is 3.02. The zero-order chi connectivity index (χ0) is 14.9. The topological polar surface area (TPSA) is 32.3 Å². The molecule has 1 heterocycles. The van der Waals surface area contributed by atoms with Crippen molar-refractivity contribution in [2.45, 2.75) is 43.6 Å². The summed E-state index contributed by atoms with van der Waals surface area (Å²) in [5.74, 6) is 0.241. The van der Waals surface area contributed by atoms with Gasteiger partial charge in [0.1, 0.15) is 0 Å². The van der Waals surface area contributed by atoms with Gasteiger partial charge in [-0.1, -0.05) is 34.5 Å². The fourth-order valence-electron chi connectivity index (χ4n) is 3.42. The highest BCUT2D eigenvalue weighted by molar-refractivity contribution is 9.10. The molecular formula is C17H23BrN2O. The second-order valence-corrected chi connectivity index (χ2v) is 7.41. The molecule has 0 radical (unpaired) electrons. The van der Waals surface area contributed by atoms with E-state index in [-0.39, 0.29) is 11.3 Å². The van der Waals surface area contributed by atoms with Crippen molar-refractivity contribution in [3.05, 3.63) is 34.3 Å². The number of hydrogen-bond donors (Lipinski definition) is 1. The number of piperidine rings is 1. The van der Waals surface area contributed by atoms with Crippen LogP contribution in [0.3, 0.4) is 0 Å². The van der Waals surface area contributed by atoms with Crippen LogP contribution < -0.4 is 5.32 Å². The smallest absolute Gasteiger partial charge is 0.230 e. The number of carbonyl (C=O) groups excluding carboxylic acids is 1. The summed E-state index contributed by atoms with van der Waals surface area (Å²) in [6.45, 7) is 2.16. The molecule has 1 saturated heterocycles. The van der Waals surface area contributed by atoms with Gasteiger partial charge in [0.25, 0.3) is 0 Å². The van der Waals surface area contributed by atoms with Gasteiger partial charge in [0.2, 0.25) is 5.91 Å². The highest BCUT2D eigenvalue weighted by Crippen LogP contribution is 2.44. The number of hydrogen-bond acceptors (Lipinski definition) is 2. The molecule has 3 nitrogen and oxygen atoms in total. The lowest BCUT2D eigenvalue weighted by Gasteiger charge is -2.42. The van der Waals surface area contributed by atoms with Crippen LogP contribution in [0, 0.1) is 0 Å². The van der Waals surface area contributed by atoms with E-state index in [2.05, 4.69) is 45.3 Å². The molecule has 0 spiro atoms.